The first kappa shape index (κ1) is 18.5. The van der Waals surface area contributed by atoms with Crippen LogP contribution in [0.25, 0.3) is 0 Å². The number of nitrogens with zero attached hydrogens (tertiary/aromatic N) is 2. The molecule has 0 radical (unpaired) electrons. The molecule has 3 heterocycles. The molecule has 146 valence electrons. The minimum atomic E-state index is 0.317. The van der Waals surface area contributed by atoms with Crippen LogP contribution in [0, 0.1) is 18.3 Å². The number of morpholine rings is 1. The van der Waals surface area contributed by atoms with E-state index < -0.39 is 0 Å². The van der Waals surface area contributed by atoms with Crippen LogP contribution in [-0.4, -0.2) is 69.0 Å². The van der Waals surface area contributed by atoms with E-state index in [2.05, 4.69) is 21.9 Å². The number of hydrogen-bond donors (Lipinski definition) is 0. The zero-order valence-corrected chi connectivity index (χ0v) is 16.4. The number of likely N-dealkylation sites (tertiary alicyclic amines) is 1. The van der Waals surface area contributed by atoms with E-state index in [0.717, 1.165) is 69.5 Å². The van der Waals surface area contributed by atoms with E-state index in [1.165, 1.54) is 32.2 Å². The maximum Gasteiger partial charge on any atom is 0.118 e. The van der Waals surface area contributed by atoms with E-state index in [4.69, 9.17) is 13.9 Å². The van der Waals surface area contributed by atoms with E-state index in [0.29, 0.717) is 5.41 Å². The summed E-state index contributed by atoms with van der Waals surface area (Å²) < 4.78 is 17.1. The molecule has 2 saturated heterocycles. The smallest absolute Gasteiger partial charge is 0.118 e. The zero-order valence-electron chi connectivity index (χ0n) is 16.4. The van der Waals surface area contributed by atoms with Gasteiger partial charge < -0.3 is 13.9 Å². The molecule has 0 bridgehead atoms. The number of ether oxygens (including phenoxy) is 2. The van der Waals surface area contributed by atoms with Gasteiger partial charge in [-0.25, -0.2) is 0 Å². The maximum atomic E-state index is 5.82. The van der Waals surface area contributed by atoms with Gasteiger partial charge in [-0.15, -0.1) is 0 Å². The second kappa shape index (κ2) is 8.01. The Labute approximate surface area is 157 Å². The van der Waals surface area contributed by atoms with Crippen molar-refractivity contribution in [2.24, 2.45) is 11.3 Å². The molecular formula is C21H34N2O3. The quantitative estimate of drug-likeness (QED) is 0.805. The fraction of sp³-hybridized carbons (Fsp3) is 0.810. The predicted molar refractivity (Wildman–Crippen MR) is 101 cm³/mol. The maximum absolute atomic E-state index is 5.82. The Kier molecular flexibility index (Phi) is 5.69. The standard InChI is InChI=1S/C21H34N2O3/c1-17-3-4-20(26-17)14-22-8-6-18-13-19(23-9-11-25-12-10-23)5-7-21(18,15-22)16-24-2/h3-4,18-19H,5-16H2,1-2H3/t18-,19-,21+/m1/s1. The van der Waals surface area contributed by atoms with Crippen LogP contribution in [0.5, 0.6) is 0 Å². The van der Waals surface area contributed by atoms with Gasteiger partial charge in [-0.1, -0.05) is 0 Å². The molecule has 0 N–H and O–H groups in total. The lowest BCUT2D eigenvalue weighted by Crippen LogP contribution is -2.56. The molecule has 1 aliphatic carbocycles. The number of hydrogen-bond acceptors (Lipinski definition) is 5. The molecule has 1 aromatic rings. The van der Waals surface area contributed by atoms with Crippen LogP contribution < -0.4 is 0 Å². The third kappa shape index (κ3) is 3.86. The summed E-state index contributed by atoms with van der Waals surface area (Å²) in [4.78, 5) is 5.26. The van der Waals surface area contributed by atoms with Crippen molar-refractivity contribution in [3.8, 4) is 0 Å². The highest BCUT2D eigenvalue weighted by Crippen LogP contribution is 2.48. The monoisotopic (exact) mass is 362 g/mol. The van der Waals surface area contributed by atoms with Crippen molar-refractivity contribution in [2.45, 2.75) is 45.2 Å². The molecule has 26 heavy (non-hydrogen) atoms. The van der Waals surface area contributed by atoms with Crippen molar-refractivity contribution in [3.63, 3.8) is 0 Å². The lowest BCUT2D eigenvalue weighted by Gasteiger charge is -2.54. The Morgan fingerprint density at radius 3 is 2.77 bits per heavy atom. The highest BCUT2D eigenvalue weighted by molar-refractivity contribution is 5.07. The molecule has 3 aliphatic rings. The van der Waals surface area contributed by atoms with E-state index in [1.54, 1.807) is 0 Å². The van der Waals surface area contributed by atoms with Gasteiger partial charge in [0.1, 0.15) is 11.5 Å². The van der Waals surface area contributed by atoms with Crippen LogP contribution in [0.15, 0.2) is 16.5 Å². The second-order valence-electron chi connectivity index (χ2n) is 8.58. The van der Waals surface area contributed by atoms with Crippen molar-refractivity contribution in [1.29, 1.82) is 0 Å². The van der Waals surface area contributed by atoms with Gasteiger partial charge in [0.05, 0.1) is 26.4 Å². The first-order valence-electron chi connectivity index (χ1n) is 10.3. The van der Waals surface area contributed by atoms with Crippen molar-refractivity contribution < 1.29 is 13.9 Å². The Hall–Kier alpha value is -0.880. The SMILES string of the molecule is COC[C@@]12CC[C@@H](N3CCOCC3)C[C@H]1CCN(Cc1ccc(C)o1)C2. The largest absolute Gasteiger partial charge is 0.465 e. The van der Waals surface area contributed by atoms with Gasteiger partial charge in [0.2, 0.25) is 0 Å². The average Bonchev–Trinajstić information content (AvgIpc) is 3.07. The highest BCUT2D eigenvalue weighted by atomic mass is 16.5. The molecule has 1 aromatic heterocycles. The average molecular weight is 363 g/mol. The highest BCUT2D eigenvalue weighted by Gasteiger charge is 2.48. The predicted octanol–water partition coefficient (Wildman–Crippen LogP) is 2.93. The molecule has 3 fully saturated rings. The number of furan rings is 1. The zero-order chi connectivity index (χ0) is 18.0. The summed E-state index contributed by atoms with van der Waals surface area (Å²) in [6, 6.07) is 4.94. The lowest BCUT2D eigenvalue weighted by molar-refractivity contribution is -0.0879. The van der Waals surface area contributed by atoms with E-state index >= 15 is 0 Å². The molecule has 4 rings (SSSR count). The van der Waals surface area contributed by atoms with Crippen molar-refractivity contribution in [3.05, 3.63) is 23.7 Å². The van der Waals surface area contributed by atoms with E-state index in [-0.39, 0.29) is 0 Å². The van der Waals surface area contributed by atoms with Crippen LogP contribution in [0.1, 0.15) is 37.2 Å². The van der Waals surface area contributed by atoms with Crippen molar-refractivity contribution >= 4 is 0 Å². The van der Waals surface area contributed by atoms with Crippen molar-refractivity contribution in [2.75, 3.05) is 53.1 Å². The summed E-state index contributed by atoms with van der Waals surface area (Å²) >= 11 is 0. The summed E-state index contributed by atoms with van der Waals surface area (Å²) in [5.74, 6) is 2.88. The number of methoxy groups -OCH3 is 1. The molecule has 3 atom stereocenters. The molecule has 0 amide bonds. The Morgan fingerprint density at radius 2 is 2.04 bits per heavy atom. The number of aryl methyl sites for hydroxylation is 1. The summed E-state index contributed by atoms with van der Waals surface area (Å²) in [6.07, 6.45) is 5.19. The van der Waals surface area contributed by atoms with Crippen molar-refractivity contribution in [1.82, 2.24) is 9.80 Å². The first-order valence-corrected chi connectivity index (χ1v) is 10.3. The van der Waals surface area contributed by atoms with Crippen LogP contribution in [0.4, 0.5) is 0 Å². The molecule has 5 nitrogen and oxygen atoms in total. The number of rotatable bonds is 5. The lowest BCUT2D eigenvalue weighted by atomic mass is 9.62. The third-order valence-electron chi connectivity index (χ3n) is 6.90. The van der Waals surface area contributed by atoms with Gasteiger partial charge in [-0.05, 0) is 57.2 Å². The molecule has 2 aliphatic heterocycles. The van der Waals surface area contributed by atoms with Gasteiger partial charge in [0.25, 0.3) is 0 Å². The molecule has 0 unspecified atom stereocenters. The second-order valence-corrected chi connectivity index (χ2v) is 8.58. The Morgan fingerprint density at radius 1 is 1.19 bits per heavy atom. The molecule has 5 heteroatoms. The van der Waals surface area contributed by atoms with Crippen LogP contribution >= 0.6 is 0 Å². The number of fused-ring (bicyclic) bond motifs is 1. The van der Waals surface area contributed by atoms with E-state index in [9.17, 15) is 0 Å². The summed E-state index contributed by atoms with van der Waals surface area (Å²) in [5, 5.41) is 0. The van der Waals surface area contributed by atoms with E-state index in [1.807, 2.05) is 14.0 Å². The van der Waals surface area contributed by atoms with Gasteiger partial charge in [0, 0.05) is 38.2 Å². The van der Waals surface area contributed by atoms with Gasteiger partial charge >= 0.3 is 0 Å². The van der Waals surface area contributed by atoms with Crippen LogP contribution in [0.2, 0.25) is 0 Å². The molecule has 0 spiro atoms. The fourth-order valence-electron chi connectivity index (χ4n) is 5.57. The molecular weight excluding hydrogens is 328 g/mol. The van der Waals surface area contributed by atoms with Gasteiger partial charge in [0.15, 0.2) is 0 Å². The molecule has 0 aromatic carbocycles. The normalized spacial score (nSPS) is 33.9. The van der Waals surface area contributed by atoms with Gasteiger partial charge in [-0.2, -0.15) is 0 Å². The topological polar surface area (TPSA) is 38.1 Å². The Balaban J connectivity index is 1.42. The minimum absolute atomic E-state index is 0.317. The van der Waals surface area contributed by atoms with Gasteiger partial charge in [-0.3, -0.25) is 9.80 Å². The molecule has 1 saturated carbocycles. The summed E-state index contributed by atoms with van der Waals surface area (Å²) in [6.45, 7) is 10.2. The van der Waals surface area contributed by atoms with Crippen LogP contribution in [0.3, 0.4) is 0 Å². The fourth-order valence-corrected chi connectivity index (χ4v) is 5.57. The van der Waals surface area contributed by atoms with Crippen LogP contribution in [-0.2, 0) is 16.0 Å². The summed E-state index contributed by atoms with van der Waals surface area (Å²) in [7, 11) is 1.87. The summed E-state index contributed by atoms with van der Waals surface area (Å²) in [5.41, 5.74) is 0.317. The Bertz CT molecular complexity index is 584. The minimum Gasteiger partial charge on any atom is -0.465 e. The first-order chi connectivity index (χ1) is 12.7. The third-order valence-corrected chi connectivity index (χ3v) is 6.90. The number of piperidine rings is 1.